The number of sulfonamides is 1. The van der Waals surface area contributed by atoms with Crippen LogP contribution in [0, 0.1) is 20.8 Å². The maximum absolute atomic E-state index is 12.8. The van der Waals surface area contributed by atoms with Gasteiger partial charge in [0.2, 0.25) is 0 Å². The first-order chi connectivity index (χ1) is 12.3. The molecule has 0 bridgehead atoms. The largest absolute Gasteiger partial charge is 0.497 e. The summed E-state index contributed by atoms with van der Waals surface area (Å²) >= 11 is 0. The lowest BCUT2D eigenvalue weighted by Gasteiger charge is -2.19. The van der Waals surface area contributed by atoms with Gasteiger partial charge in [0.1, 0.15) is 5.75 Å². The lowest BCUT2D eigenvalue weighted by molar-refractivity contribution is 0.414. The standard InChI is InChI=1S/C20H24N2O3S/c1-13-10-14(2)20(15(3)11-13)26(23,24)22-21-19-7-5-6-16-12-17(25-4)8-9-18(16)19/h8-12,22H,5-7H2,1-4H3/b21-19+. The van der Waals surface area contributed by atoms with Crippen LogP contribution in [0.25, 0.3) is 0 Å². The van der Waals surface area contributed by atoms with Crippen molar-refractivity contribution in [1.82, 2.24) is 4.83 Å². The summed E-state index contributed by atoms with van der Waals surface area (Å²) < 4.78 is 30.9. The molecule has 2 aromatic rings. The average molecular weight is 372 g/mol. The van der Waals surface area contributed by atoms with Crippen LogP contribution in [0.3, 0.4) is 0 Å². The third-order valence-electron chi connectivity index (χ3n) is 4.66. The van der Waals surface area contributed by atoms with Gasteiger partial charge in [-0.2, -0.15) is 18.4 Å². The second-order valence-electron chi connectivity index (χ2n) is 6.76. The summed E-state index contributed by atoms with van der Waals surface area (Å²) in [6.45, 7) is 5.57. The number of benzene rings is 2. The molecule has 0 heterocycles. The van der Waals surface area contributed by atoms with Gasteiger partial charge in [0.15, 0.2) is 0 Å². The molecule has 6 heteroatoms. The Kier molecular flexibility index (Phi) is 5.05. The van der Waals surface area contributed by atoms with Gasteiger partial charge >= 0.3 is 0 Å². The van der Waals surface area contributed by atoms with Crippen molar-refractivity contribution >= 4 is 15.7 Å². The van der Waals surface area contributed by atoms with Crippen LogP contribution < -0.4 is 9.57 Å². The van der Waals surface area contributed by atoms with Gasteiger partial charge in [0.25, 0.3) is 10.0 Å². The Morgan fingerprint density at radius 2 is 1.73 bits per heavy atom. The van der Waals surface area contributed by atoms with Crippen LogP contribution in [-0.4, -0.2) is 21.2 Å². The highest BCUT2D eigenvalue weighted by Gasteiger charge is 2.21. The predicted octanol–water partition coefficient (Wildman–Crippen LogP) is 3.64. The summed E-state index contributed by atoms with van der Waals surface area (Å²) in [5, 5.41) is 4.27. The second kappa shape index (κ2) is 7.11. The molecule has 1 N–H and O–H groups in total. The molecule has 5 nitrogen and oxygen atoms in total. The molecule has 1 aliphatic carbocycles. The minimum Gasteiger partial charge on any atom is -0.497 e. The summed E-state index contributed by atoms with van der Waals surface area (Å²) in [5.74, 6) is 0.802. The quantitative estimate of drug-likeness (QED) is 0.833. The molecule has 0 atom stereocenters. The van der Waals surface area contributed by atoms with Gasteiger partial charge in [0.05, 0.1) is 17.7 Å². The number of aryl methyl sites for hydroxylation is 4. The van der Waals surface area contributed by atoms with Crippen LogP contribution in [-0.2, 0) is 16.4 Å². The van der Waals surface area contributed by atoms with E-state index in [4.69, 9.17) is 4.74 Å². The first-order valence-corrected chi connectivity index (χ1v) is 10.1. The normalized spacial score (nSPS) is 15.6. The minimum absolute atomic E-state index is 0.304. The van der Waals surface area contributed by atoms with Crippen LogP contribution in [0.4, 0.5) is 0 Å². The first-order valence-electron chi connectivity index (χ1n) is 8.65. The summed E-state index contributed by atoms with van der Waals surface area (Å²) in [5.41, 5.74) is 5.38. The number of rotatable bonds is 4. The first kappa shape index (κ1) is 18.5. The molecule has 3 rings (SSSR count). The van der Waals surface area contributed by atoms with Gasteiger partial charge in [0, 0.05) is 5.56 Å². The van der Waals surface area contributed by atoms with Crippen LogP contribution in [0.5, 0.6) is 5.75 Å². The number of hydrogen-bond donors (Lipinski definition) is 1. The zero-order chi connectivity index (χ0) is 18.9. The topological polar surface area (TPSA) is 67.8 Å². The van der Waals surface area contributed by atoms with Gasteiger partial charge in [-0.15, -0.1) is 0 Å². The number of hydrogen-bond acceptors (Lipinski definition) is 4. The zero-order valence-corrected chi connectivity index (χ0v) is 16.4. The Labute approximate surface area is 155 Å². The number of nitrogens with zero attached hydrogens (tertiary/aromatic N) is 1. The molecule has 138 valence electrons. The van der Waals surface area contributed by atoms with E-state index in [1.165, 1.54) is 0 Å². The molecule has 0 amide bonds. The van der Waals surface area contributed by atoms with Gasteiger partial charge < -0.3 is 4.74 Å². The highest BCUT2D eigenvalue weighted by atomic mass is 32.2. The summed E-state index contributed by atoms with van der Waals surface area (Å²) in [6.07, 6.45) is 2.62. The monoisotopic (exact) mass is 372 g/mol. The lowest BCUT2D eigenvalue weighted by Crippen LogP contribution is -2.24. The van der Waals surface area contributed by atoms with Crippen molar-refractivity contribution < 1.29 is 13.2 Å². The SMILES string of the molecule is COc1ccc2c(c1)CCC/C2=N\NS(=O)(=O)c1c(C)cc(C)cc1C. The third kappa shape index (κ3) is 3.60. The second-order valence-corrected chi connectivity index (χ2v) is 8.36. The van der Waals surface area contributed by atoms with E-state index >= 15 is 0 Å². The van der Waals surface area contributed by atoms with Crippen LogP contribution >= 0.6 is 0 Å². The predicted molar refractivity (Wildman–Crippen MR) is 103 cm³/mol. The summed E-state index contributed by atoms with van der Waals surface area (Å²) in [6, 6.07) is 9.56. The molecule has 0 aromatic heterocycles. The molecule has 0 fully saturated rings. The van der Waals surface area contributed by atoms with Crippen molar-refractivity contribution in [3.63, 3.8) is 0 Å². The molecule has 1 aliphatic rings. The molecular formula is C20H24N2O3S. The Bertz CT molecular complexity index is 956. The number of methoxy groups -OCH3 is 1. The van der Waals surface area contributed by atoms with Crippen molar-refractivity contribution in [3.05, 3.63) is 58.1 Å². The Morgan fingerprint density at radius 1 is 1.04 bits per heavy atom. The van der Waals surface area contributed by atoms with E-state index in [0.717, 1.165) is 58.5 Å². The number of hydrazone groups is 1. The Morgan fingerprint density at radius 3 is 2.38 bits per heavy atom. The smallest absolute Gasteiger partial charge is 0.277 e. The van der Waals surface area contributed by atoms with Gasteiger partial charge in [-0.1, -0.05) is 17.7 Å². The third-order valence-corrected chi connectivity index (χ3v) is 6.17. The lowest BCUT2D eigenvalue weighted by atomic mass is 9.90. The summed E-state index contributed by atoms with van der Waals surface area (Å²) in [7, 11) is -2.08. The van der Waals surface area contributed by atoms with Crippen molar-refractivity contribution in [3.8, 4) is 5.75 Å². The molecular weight excluding hydrogens is 348 g/mol. The van der Waals surface area contributed by atoms with E-state index in [1.807, 2.05) is 51.1 Å². The minimum atomic E-state index is -3.72. The Balaban J connectivity index is 1.94. The molecule has 0 aliphatic heterocycles. The van der Waals surface area contributed by atoms with Gasteiger partial charge in [-0.25, -0.2) is 0 Å². The van der Waals surface area contributed by atoms with Gasteiger partial charge in [-0.05, 0) is 74.9 Å². The maximum Gasteiger partial charge on any atom is 0.277 e. The number of fused-ring (bicyclic) bond motifs is 1. The van der Waals surface area contributed by atoms with Crippen molar-refractivity contribution in [2.24, 2.45) is 5.10 Å². The van der Waals surface area contributed by atoms with Crippen LogP contribution in [0.15, 0.2) is 40.3 Å². The zero-order valence-electron chi connectivity index (χ0n) is 15.6. The van der Waals surface area contributed by atoms with E-state index in [9.17, 15) is 8.42 Å². The van der Waals surface area contributed by atoms with Gasteiger partial charge in [-0.3, -0.25) is 0 Å². The molecule has 0 saturated heterocycles. The molecule has 0 saturated carbocycles. The highest BCUT2D eigenvalue weighted by molar-refractivity contribution is 7.89. The average Bonchev–Trinajstić information content (AvgIpc) is 2.58. The maximum atomic E-state index is 12.8. The molecule has 0 spiro atoms. The summed E-state index contributed by atoms with van der Waals surface area (Å²) in [4.78, 5) is 2.75. The fourth-order valence-electron chi connectivity index (χ4n) is 3.63. The van der Waals surface area contributed by atoms with Crippen molar-refractivity contribution in [2.75, 3.05) is 7.11 Å². The fourth-order valence-corrected chi connectivity index (χ4v) is 4.92. The fraction of sp³-hybridized carbons (Fsp3) is 0.350. The highest BCUT2D eigenvalue weighted by Crippen LogP contribution is 2.26. The number of nitrogens with one attached hydrogen (secondary N) is 1. The van der Waals surface area contributed by atoms with E-state index in [-0.39, 0.29) is 0 Å². The molecule has 0 radical (unpaired) electrons. The molecule has 2 aromatic carbocycles. The molecule has 26 heavy (non-hydrogen) atoms. The van der Waals surface area contributed by atoms with Crippen LogP contribution in [0.1, 0.15) is 40.7 Å². The van der Waals surface area contributed by atoms with Crippen LogP contribution in [0.2, 0.25) is 0 Å². The van der Waals surface area contributed by atoms with E-state index in [0.29, 0.717) is 4.90 Å². The Hall–Kier alpha value is -2.34. The van der Waals surface area contributed by atoms with Crippen molar-refractivity contribution in [2.45, 2.75) is 44.9 Å². The number of ether oxygens (including phenoxy) is 1. The van der Waals surface area contributed by atoms with E-state index < -0.39 is 10.0 Å². The van der Waals surface area contributed by atoms with Crippen molar-refractivity contribution in [1.29, 1.82) is 0 Å². The van der Waals surface area contributed by atoms with E-state index in [1.54, 1.807) is 7.11 Å². The van der Waals surface area contributed by atoms with E-state index in [2.05, 4.69) is 9.93 Å². The molecule has 0 unspecified atom stereocenters.